The van der Waals surface area contributed by atoms with Crippen LogP contribution in [-0.2, 0) is 6.42 Å². The summed E-state index contributed by atoms with van der Waals surface area (Å²) < 4.78 is 10.9. The van der Waals surface area contributed by atoms with Gasteiger partial charge in [0.25, 0.3) is 0 Å². The van der Waals surface area contributed by atoms with Gasteiger partial charge in [0, 0.05) is 23.7 Å². The summed E-state index contributed by atoms with van der Waals surface area (Å²) in [5.74, 6) is 2.29. The largest absolute Gasteiger partial charge is 0.493 e. The smallest absolute Gasteiger partial charge is 0.161 e. The molecule has 1 aliphatic heterocycles. The van der Waals surface area contributed by atoms with E-state index in [0.29, 0.717) is 5.92 Å². The molecule has 0 saturated heterocycles. The molecular weight excluding hydrogens is 250 g/mol. The lowest BCUT2D eigenvalue weighted by Gasteiger charge is -2.28. The van der Waals surface area contributed by atoms with Crippen molar-refractivity contribution in [3.05, 3.63) is 23.3 Å². The molecule has 3 nitrogen and oxygen atoms in total. The van der Waals surface area contributed by atoms with Crippen molar-refractivity contribution in [2.75, 3.05) is 20.8 Å². The summed E-state index contributed by atoms with van der Waals surface area (Å²) in [7, 11) is 3.40. The average molecular weight is 273 g/mol. The molecule has 0 radical (unpaired) electrons. The van der Waals surface area contributed by atoms with E-state index in [1.165, 1.54) is 48.9 Å². The molecule has 3 heteroatoms. The summed E-state index contributed by atoms with van der Waals surface area (Å²) in [6.07, 6.45) is 7.63. The molecule has 0 unspecified atom stereocenters. The molecule has 0 aromatic heterocycles. The third kappa shape index (κ3) is 2.41. The monoisotopic (exact) mass is 273 g/mol. The molecule has 1 aliphatic carbocycles. The number of hydrogen-bond acceptors (Lipinski definition) is 3. The lowest BCUT2D eigenvalue weighted by molar-refractivity contribution is 0.354. The highest BCUT2D eigenvalue weighted by atomic mass is 16.5. The number of ether oxygens (including phenoxy) is 2. The van der Waals surface area contributed by atoms with E-state index in [0.717, 1.165) is 24.5 Å². The Kier molecular flexibility index (Phi) is 3.95. The summed E-state index contributed by atoms with van der Waals surface area (Å²) in [5, 5.41) is 0. The predicted molar refractivity (Wildman–Crippen MR) is 81.2 cm³/mol. The van der Waals surface area contributed by atoms with Gasteiger partial charge in [-0.25, -0.2) is 0 Å². The molecule has 0 N–H and O–H groups in total. The summed E-state index contributed by atoms with van der Waals surface area (Å²) in [5.41, 5.74) is 3.96. The minimum Gasteiger partial charge on any atom is -0.493 e. The van der Waals surface area contributed by atoms with Gasteiger partial charge in [0.05, 0.1) is 14.2 Å². The van der Waals surface area contributed by atoms with Crippen molar-refractivity contribution in [2.45, 2.75) is 38.5 Å². The van der Waals surface area contributed by atoms with Crippen LogP contribution in [-0.4, -0.2) is 26.5 Å². The molecule has 0 bridgehead atoms. The molecule has 3 rings (SSSR count). The third-order valence-electron chi connectivity index (χ3n) is 4.54. The zero-order chi connectivity index (χ0) is 13.9. The van der Waals surface area contributed by atoms with Crippen LogP contribution in [0.25, 0.3) is 0 Å². The highest BCUT2D eigenvalue weighted by Gasteiger charge is 2.25. The molecular formula is C17H23NO2. The van der Waals surface area contributed by atoms with E-state index in [-0.39, 0.29) is 0 Å². The van der Waals surface area contributed by atoms with Crippen LogP contribution in [0.5, 0.6) is 11.5 Å². The zero-order valence-electron chi connectivity index (χ0n) is 12.4. The van der Waals surface area contributed by atoms with Crippen LogP contribution in [0, 0.1) is 5.92 Å². The molecule has 1 aromatic rings. The number of hydrogen-bond donors (Lipinski definition) is 0. The van der Waals surface area contributed by atoms with E-state index in [1.54, 1.807) is 14.2 Å². The minimum atomic E-state index is 0.640. The normalized spacial score (nSPS) is 19.2. The van der Waals surface area contributed by atoms with Crippen molar-refractivity contribution in [1.82, 2.24) is 0 Å². The van der Waals surface area contributed by atoms with Crippen molar-refractivity contribution >= 4 is 5.71 Å². The summed E-state index contributed by atoms with van der Waals surface area (Å²) >= 11 is 0. The quantitative estimate of drug-likeness (QED) is 0.842. The number of aliphatic imine (C=N–C) groups is 1. The van der Waals surface area contributed by atoms with Gasteiger partial charge in [0.15, 0.2) is 11.5 Å². The Hall–Kier alpha value is -1.51. The van der Waals surface area contributed by atoms with Gasteiger partial charge in [0.1, 0.15) is 0 Å². The average Bonchev–Trinajstić information content (AvgIpc) is 2.53. The number of nitrogens with zero attached hydrogens (tertiary/aromatic N) is 1. The topological polar surface area (TPSA) is 30.8 Å². The first-order valence-electron chi connectivity index (χ1n) is 7.63. The Morgan fingerprint density at radius 1 is 1.00 bits per heavy atom. The van der Waals surface area contributed by atoms with Crippen molar-refractivity contribution in [3.8, 4) is 11.5 Å². The Morgan fingerprint density at radius 2 is 1.70 bits per heavy atom. The number of rotatable bonds is 3. The standard InChI is InChI=1S/C17H23NO2/c1-19-15-10-13-8-9-18-17(12-6-4-3-5-7-12)14(13)11-16(15)20-2/h10-12H,3-9H2,1-2H3. The van der Waals surface area contributed by atoms with Gasteiger partial charge in [0.2, 0.25) is 0 Å². The fourth-order valence-corrected chi connectivity index (χ4v) is 3.47. The van der Waals surface area contributed by atoms with Crippen LogP contribution in [0.1, 0.15) is 43.2 Å². The van der Waals surface area contributed by atoms with E-state index in [4.69, 9.17) is 14.5 Å². The van der Waals surface area contributed by atoms with Crippen LogP contribution in [0.2, 0.25) is 0 Å². The van der Waals surface area contributed by atoms with Gasteiger partial charge in [-0.2, -0.15) is 0 Å². The Balaban J connectivity index is 1.98. The molecule has 0 spiro atoms. The Bertz CT molecular complexity index is 516. The van der Waals surface area contributed by atoms with Crippen LogP contribution in [0.3, 0.4) is 0 Å². The maximum atomic E-state index is 5.46. The lowest BCUT2D eigenvalue weighted by atomic mass is 9.80. The summed E-state index contributed by atoms with van der Waals surface area (Å²) in [6.45, 7) is 0.911. The maximum Gasteiger partial charge on any atom is 0.161 e. The second-order valence-electron chi connectivity index (χ2n) is 5.72. The molecule has 1 fully saturated rings. The molecule has 1 aromatic carbocycles. The van der Waals surface area contributed by atoms with Gasteiger partial charge in [-0.1, -0.05) is 19.3 Å². The van der Waals surface area contributed by atoms with E-state index in [2.05, 4.69) is 12.1 Å². The molecule has 2 aliphatic rings. The summed E-state index contributed by atoms with van der Waals surface area (Å²) in [4.78, 5) is 4.85. The van der Waals surface area contributed by atoms with Gasteiger partial charge >= 0.3 is 0 Å². The minimum absolute atomic E-state index is 0.640. The second-order valence-corrected chi connectivity index (χ2v) is 5.72. The maximum absolute atomic E-state index is 5.46. The van der Waals surface area contributed by atoms with Crippen LogP contribution >= 0.6 is 0 Å². The van der Waals surface area contributed by atoms with Crippen LogP contribution < -0.4 is 9.47 Å². The van der Waals surface area contributed by atoms with E-state index in [9.17, 15) is 0 Å². The predicted octanol–water partition coefficient (Wildman–Crippen LogP) is 3.63. The SMILES string of the molecule is COc1cc2c(cc1OC)C(C1CCCCC1)=NCC2. The summed E-state index contributed by atoms with van der Waals surface area (Å²) in [6, 6.07) is 4.26. The molecule has 0 amide bonds. The van der Waals surface area contributed by atoms with Crippen molar-refractivity contribution < 1.29 is 9.47 Å². The lowest BCUT2D eigenvalue weighted by Crippen LogP contribution is -2.24. The van der Waals surface area contributed by atoms with Gasteiger partial charge in [-0.15, -0.1) is 0 Å². The number of fused-ring (bicyclic) bond motifs is 1. The van der Waals surface area contributed by atoms with Gasteiger partial charge in [-0.3, -0.25) is 4.99 Å². The van der Waals surface area contributed by atoms with E-state index in [1.807, 2.05) is 0 Å². The Morgan fingerprint density at radius 3 is 2.40 bits per heavy atom. The molecule has 0 atom stereocenters. The fraction of sp³-hybridized carbons (Fsp3) is 0.588. The van der Waals surface area contributed by atoms with E-state index >= 15 is 0 Å². The first-order chi connectivity index (χ1) is 9.83. The highest BCUT2D eigenvalue weighted by Crippen LogP contribution is 2.36. The van der Waals surface area contributed by atoms with Crippen molar-refractivity contribution in [2.24, 2.45) is 10.9 Å². The van der Waals surface area contributed by atoms with Gasteiger partial charge in [-0.05, 0) is 37.0 Å². The highest BCUT2D eigenvalue weighted by molar-refractivity contribution is 6.04. The molecule has 1 saturated carbocycles. The Labute approximate surface area is 121 Å². The van der Waals surface area contributed by atoms with Crippen molar-refractivity contribution in [3.63, 3.8) is 0 Å². The number of methoxy groups -OCH3 is 2. The second kappa shape index (κ2) is 5.86. The molecule has 20 heavy (non-hydrogen) atoms. The third-order valence-corrected chi connectivity index (χ3v) is 4.54. The van der Waals surface area contributed by atoms with Crippen LogP contribution in [0.15, 0.2) is 17.1 Å². The molecule has 108 valence electrons. The first kappa shape index (κ1) is 13.5. The zero-order valence-corrected chi connectivity index (χ0v) is 12.4. The van der Waals surface area contributed by atoms with Gasteiger partial charge < -0.3 is 9.47 Å². The first-order valence-corrected chi connectivity index (χ1v) is 7.63. The van der Waals surface area contributed by atoms with Crippen LogP contribution in [0.4, 0.5) is 0 Å². The number of benzene rings is 1. The molecule has 1 heterocycles. The van der Waals surface area contributed by atoms with E-state index < -0.39 is 0 Å². The van der Waals surface area contributed by atoms with Crippen molar-refractivity contribution in [1.29, 1.82) is 0 Å². The fourth-order valence-electron chi connectivity index (χ4n) is 3.47.